The Morgan fingerprint density at radius 2 is 1.43 bits per heavy atom. The van der Waals surface area contributed by atoms with Crippen LogP contribution in [-0.2, 0) is 39.0 Å². The lowest BCUT2D eigenvalue weighted by Crippen LogP contribution is -2.54. The number of nitrogens with zero attached hydrogens (tertiary/aromatic N) is 2. The number of sulfonamides is 1. The molecule has 4 aromatic rings. The van der Waals surface area contributed by atoms with E-state index in [1.165, 1.54) is 23.1 Å². The third-order valence-corrected chi connectivity index (χ3v) is 9.87. The SMILES string of the molecule is CCc1ccccc1N(CC(=O)N(Cc1ccccc1F)C(Cc1ccccc1)C(=O)NC(C)CC)S(=O)(=O)c1ccc(C)cc1. The van der Waals surface area contributed by atoms with Crippen LogP contribution in [0.15, 0.2) is 108 Å². The van der Waals surface area contributed by atoms with Crippen LogP contribution in [0.25, 0.3) is 0 Å². The second-order valence-electron chi connectivity index (χ2n) is 11.4. The molecule has 0 aliphatic rings. The Morgan fingerprint density at radius 3 is 2.07 bits per heavy atom. The smallest absolute Gasteiger partial charge is 0.264 e. The van der Waals surface area contributed by atoms with Gasteiger partial charge in [-0.2, -0.15) is 0 Å². The predicted octanol–water partition coefficient (Wildman–Crippen LogP) is 6.45. The minimum atomic E-state index is -4.23. The number of aryl methyl sites for hydroxylation is 2. The van der Waals surface area contributed by atoms with Gasteiger partial charge in [-0.05, 0) is 62.1 Å². The van der Waals surface area contributed by atoms with Crippen LogP contribution in [0.2, 0.25) is 0 Å². The zero-order valence-electron chi connectivity index (χ0n) is 26.8. The highest BCUT2D eigenvalue weighted by atomic mass is 32.2. The van der Waals surface area contributed by atoms with E-state index in [1.54, 1.807) is 42.5 Å². The van der Waals surface area contributed by atoms with Crippen LogP contribution in [0.4, 0.5) is 10.1 Å². The maximum atomic E-state index is 15.1. The molecule has 0 saturated carbocycles. The van der Waals surface area contributed by atoms with Gasteiger partial charge < -0.3 is 10.2 Å². The molecular formula is C37H42FN3O4S. The zero-order chi connectivity index (χ0) is 33.3. The zero-order valence-corrected chi connectivity index (χ0v) is 27.6. The molecular weight excluding hydrogens is 601 g/mol. The number of anilines is 1. The van der Waals surface area contributed by atoms with Crippen molar-refractivity contribution in [2.75, 3.05) is 10.8 Å². The van der Waals surface area contributed by atoms with Gasteiger partial charge >= 0.3 is 0 Å². The minimum Gasteiger partial charge on any atom is -0.352 e. The summed E-state index contributed by atoms with van der Waals surface area (Å²) in [6, 6.07) is 27.6. The van der Waals surface area contributed by atoms with Gasteiger partial charge in [0.15, 0.2) is 0 Å². The molecule has 2 unspecified atom stereocenters. The van der Waals surface area contributed by atoms with Gasteiger partial charge in [-0.1, -0.05) is 98.3 Å². The van der Waals surface area contributed by atoms with Crippen molar-refractivity contribution in [3.8, 4) is 0 Å². The van der Waals surface area contributed by atoms with Gasteiger partial charge in [-0.3, -0.25) is 13.9 Å². The van der Waals surface area contributed by atoms with E-state index in [-0.39, 0.29) is 29.5 Å². The lowest BCUT2D eigenvalue weighted by molar-refractivity contribution is -0.140. The van der Waals surface area contributed by atoms with Gasteiger partial charge in [0.2, 0.25) is 11.8 Å². The standard InChI is InChI=1S/C37H42FN3O4S/c1-5-28(4)39-37(43)35(24-29-14-8-7-9-15-29)40(25-31-17-10-12-18-33(31)38)36(42)26-41(34-19-13-11-16-30(34)6-2)46(44,45)32-22-20-27(3)21-23-32/h7-23,28,35H,5-6,24-26H2,1-4H3,(H,39,43). The molecule has 0 bridgehead atoms. The number of hydrogen-bond donors (Lipinski definition) is 1. The highest BCUT2D eigenvalue weighted by Gasteiger charge is 2.35. The molecule has 46 heavy (non-hydrogen) atoms. The first-order valence-electron chi connectivity index (χ1n) is 15.6. The second kappa shape index (κ2) is 15.7. The van der Waals surface area contributed by atoms with Gasteiger partial charge in [-0.15, -0.1) is 0 Å². The summed E-state index contributed by atoms with van der Waals surface area (Å²) in [6.45, 7) is 6.77. The number of halogens is 1. The number of hydrogen-bond acceptors (Lipinski definition) is 4. The van der Waals surface area contributed by atoms with E-state index >= 15 is 4.39 Å². The molecule has 2 amide bonds. The topological polar surface area (TPSA) is 86.8 Å². The molecule has 0 radical (unpaired) electrons. The van der Waals surface area contributed by atoms with Crippen molar-refractivity contribution in [1.29, 1.82) is 0 Å². The van der Waals surface area contributed by atoms with Gasteiger partial charge in [0.1, 0.15) is 18.4 Å². The summed E-state index contributed by atoms with van der Waals surface area (Å²) in [5.41, 5.74) is 3.02. The number of benzene rings is 4. The maximum Gasteiger partial charge on any atom is 0.264 e. The summed E-state index contributed by atoms with van der Waals surface area (Å²) in [5.74, 6) is -1.56. The fraction of sp³-hybridized carbons (Fsp3) is 0.297. The molecule has 0 heterocycles. The first-order valence-corrected chi connectivity index (χ1v) is 17.0. The largest absolute Gasteiger partial charge is 0.352 e. The van der Waals surface area contributed by atoms with Gasteiger partial charge in [-0.25, -0.2) is 12.8 Å². The Bertz CT molecular complexity index is 1730. The highest BCUT2D eigenvalue weighted by molar-refractivity contribution is 7.92. The minimum absolute atomic E-state index is 0.0350. The van der Waals surface area contributed by atoms with Crippen LogP contribution in [0.5, 0.6) is 0 Å². The average molecular weight is 644 g/mol. The Labute approximate surface area is 272 Å². The summed E-state index contributed by atoms with van der Waals surface area (Å²) in [5, 5.41) is 2.99. The normalized spacial score (nSPS) is 12.6. The van der Waals surface area contributed by atoms with Crippen LogP contribution in [0, 0.1) is 12.7 Å². The third kappa shape index (κ3) is 8.40. The van der Waals surface area contributed by atoms with Crippen LogP contribution in [-0.4, -0.2) is 43.8 Å². The number of carbonyl (C=O) groups is 2. The van der Waals surface area contributed by atoms with E-state index in [0.29, 0.717) is 18.5 Å². The van der Waals surface area contributed by atoms with Gasteiger partial charge in [0, 0.05) is 24.6 Å². The first-order chi connectivity index (χ1) is 22.0. The van der Waals surface area contributed by atoms with Crippen LogP contribution < -0.4 is 9.62 Å². The number of carbonyl (C=O) groups excluding carboxylic acids is 2. The molecule has 0 aliphatic heterocycles. The van der Waals surface area contributed by atoms with Gasteiger partial charge in [0.25, 0.3) is 10.0 Å². The molecule has 9 heteroatoms. The Hall–Kier alpha value is -4.50. The number of para-hydroxylation sites is 1. The molecule has 0 saturated heterocycles. The van der Waals surface area contributed by atoms with Crippen molar-refractivity contribution in [2.45, 2.75) is 70.5 Å². The van der Waals surface area contributed by atoms with E-state index < -0.39 is 40.2 Å². The molecule has 2 atom stereocenters. The first kappa shape index (κ1) is 34.4. The Morgan fingerprint density at radius 1 is 0.826 bits per heavy atom. The summed E-state index contributed by atoms with van der Waals surface area (Å²) in [7, 11) is -4.23. The number of amides is 2. The molecule has 0 fully saturated rings. The van der Waals surface area contributed by atoms with Crippen LogP contribution >= 0.6 is 0 Å². The van der Waals surface area contributed by atoms with E-state index in [1.807, 2.05) is 70.2 Å². The van der Waals surface area contributed by atoms with E-state index in [2.05, 4.69) is 5.32 Å². The monoisotopic (exact) mass is 643 g/mol. The number of rotatable bonds is 14. The second-order valence-corrected chi connectivity index (χ2v) is 13.3. The Balaban J connectivity index is 1.84. The van der Waals surface area contributed by atoms with Crippen LogP contribution in [0.3, 0.4) is 0 Å². The van der Waals surface area contributed by atoms with Gasteiger partial charge in [0.05, 0.1) is 10.6 Å². The molecule has 7 nitrogen and oxygen atoms in total. The number of nitrogens with one attached hydrogen (secondary N) is 1. The molecule has 4 rings (SSSR count). The lowest BCUT2D eigenvalue weighted by Gasteiger charge is -2.34. The molecule has 0 spiro atoms. The fourth-order valence-corrected chi connectivity index (χ4v) is 6.66. The van der Waals surface area contributed by atoms with Crippen molar-refractivity contribution in [3.05, 3.63) is 131 Å². The van der Waals surface area contributed by atoms with Crippen molar-refractivity contribution in [3.63, 3.8) is 0 Å². The molecule has 242 valence electrons. The van der Waals surface area contributed by atoms with Crippen LogP contribution in [0.1, 0.15) is 49.4 Å². The average Bonchev–Trinajstić information content (AvgIpc) is 3.06. The van der Waals surface area contributed by atoms with Crippen molar-refractivity contribution >= 4 is 27.5 Å². The van der Waals surface area contributed by atoms with E-state index in [4.69, 9.17) is 0 Å². The summed E-state index contributed by atoms with van der Waals surface area (Å²) in [4.78, 5) is 29.8. The Kier molecular flexibility index (Phi) is 11.7. The van der Waals surface area contributed by atoms with Crippen molar-refractivity contribution in [2.24, 2.45) is 0 Å². The predicted molar refractivity (Wildman–Crippen MR) is 180 cm³/mol. The molecule has 0 aliphatic carbocycles. The quantitative estimate of drug-likeness (QED) is 0.171. The fourth-order valence-electron chi connectivity index (χ4n) is 5.21. The summed E-state index contributed by atoms with van der Waals surface area (Å²) < 4.78 is 44.8. The van der Waals surface area contributed by atoms with Crippen molar-refractivity contribution < 1.29 is 22.4 Å². The van der Waals surface area contributed by atoms with E-state index in [9.17, 15) is 18.0 Å². The molecule has 4 aromatic carbocycles. The lowest BCUT2D eigenvalue weighted by atomic mass is 10.0. The van der Waals surface area contributed by atoms with E-state index in [0.717, 1.165) is 21.0 Å². The molecule has 1 N–H and O–H groups in total. The third-order valence-electron chi connectivity index (χ3n) is 8.10. The maximum absolute atomic E-state index is 15.1. The molecule has 0 aromatic heterocycles. The van der Waals surface area contributed by atoms with Crippen molar-refractivity contribution in [1.82, 2.24) is 10.2 Å². The highest BCUT2D eigenvalue weighted by Crippen LogP contribution is 2.29. The summed E-state index contributed by atoms with van der Waals surface area (Å²) in [6.07, 6.45) is 1.35. The summed E-state index contributed by atoms with van der Waals surface area (Å²) >= 11 is 0.